The van der Waals surface area contributed by atoms with Crippen LogP contribution in [-0.4, -0.2) is 38.1 Å². The van der Waals surface area contributed by atoms with E-state index in [1.54, 1.807) is 32.2 Å². The minimum atomic E-state index is -0.559. The van der Waals surface area contributed by atoms with Gasteiger partial charge >= 0.3 is 0 Å². The molecule has 1 aromatic carbocycles. The number of ether oxygens (including phenoxy) is 2. The molecule has 2 atom stereocenters. The fourth-order valence-corrected chi connectivity index (χ4v) is 2.49. The van der Waals surface area contributed by atoms with E-state index in [-0.39, 0.29) is 11.8 Å². The Kier molecular flexibility index (Phi) is 4.35. The first-order valence-corrected chi connectivity index (χ1v) is 6.89. The predicted octanol–water partition coefficient (Wildman–Crippen LogP) is 1.33. The summed E-state index contributed by atoms with van der Waals surface area (Å²) < 4.78 is 10.5. The molecule has 0 spiro atoms. The number of carbonyl (C=O) groups is 2. The molecule has 1 saturated heterocycles. The summed E-state index contributed by atoms with van der Waals surface area (Å²) in [6, 6.07) is 4.09. The summed E-state index contributed by atoms with van der Waals surface area (Å²) in [6.07, 6.45) is 0.519. The van der Waals surface area contributed by atoms with Crippen LogP contribution < -0.4 is 19.7 Å². The number of hydrogen-bond donors (Lipinski definition) is 1. The molecule has 6 heteroatoms. The van der Waals surface area contributed by atoms with E-state index in [1.807, 2.05) is 6.92 Å². The molecule has 2 unspecified atom stereocenters. The van der Waals surface area contributed by atoms with E-state index in [0.29, 0.717) is 23.6 Å². The maximum absolute atomic E-state index is 12.5. The Morgan fingerprint density at radius 3 is 2.52 bits per heavy atom. The molecule has 0 radical (unpaired) electrons. The van der Waals surface area contributed by atoms with E-state index < -0.39 is 12.1 Å². The molecule has 0 aliphatic carbocycles. The van der Waals surface area contributed by atoms with Crippen LogP contribution >= 0.6 is 0 Å². The highest BCUT2D eigenvalue weighted by atomic mass is 16.5. The molecule has 0 bridgehead atoms. The number of anilines is 1. The van der Waals surface area contributed by atoms with E-state index in [1.165, 1.54) is 12.0 Å². The van der Waals surface area contributed by atoms with Gasteiger partial charge in [0.15, 0.2) is 0 Å². The minimum absolute atomic E-state index is 0.158. The molecule has 1 aliphatic rings. The molecular weight excluding hydrogens is 272 g/mol. The van der Waals surface area contributed by atoms with Gasteiger partial charge in [0.05, 0.1) is 19.9 Å². The molecule has 21 heavy (non-hydrogen) atoms. The largest absolute Gasteiger partial charge is 0.497 e. The molecule has 2 rings (SSSR count). The summed E-state index contributed by atoms with van der Waals surface area (Å²) in [5, 5.41) is 2.69. The van der Waals surface area contributed by atoms with Gasteiger partial charge < -0.3 is 14.8 Å². The maximum atomic E-state index is 12.5. The lowest BCUT2D eigenvalue weighted by molar-refractivity contribution is -0.133. The van der Waals surface area contributed by atoms with Gasteiger partial charge in [-0.05, 0) is 25.5 Å². The predicted molar refractivity (Wildman–Crippen MR) is 78.7 cm³/mol. The van der Waals surface area contributed by atoms with Crippen LogP contribution in [0.25, 0.3) is 0 Å². The van der Waals surface area contributed by atoms with Crippen molar-refractivity contribution in [2.75, 3.05) is 19.1 Å². The quantitative estimate of drug-likeness (QED) is 0.909. The zero-order chi connectivity index (χ0) is 15.6. The molecular formula is C15H20N2O4. The monoisotopic (exact) mass is 292 g/mol. The average molecular weight is 292 g/mol. The lowest BCUT2D eigenvalue weighted by Gasteiger charge is -2.38. The average Bonchev–Trinajstić information content (AvgIpc) is 2.49. The number of amides is 2. The van der Waals surface area contributed by atoms with Gasteiger partial charge in [-0.15, -0.1) is 0 Å². The second kappa shape index (κ2) is 6.03. The lowest BCUT2D eigenvalue weighted by atomic mass is 10.0. The van der Waals surface area contributed by atoms with Gasteiger partial charge in [0.1, 0.15) is 23.6 Å². The standard InChI is InChI=1S/C15H20N2O4/c1-5-11-14(18)16-9(2)15(19)17(11)12-8-10(20-3)6-7-13(12)21-4/h6-9,11H,5H2,1-4H3,(H,16,18). The fourth-order valence-electron chi connectivity index (χ4n) is 2.49. The van der Waals surface area contributed by atoms with Gasteiger partial charge in [0.2, 0.25) is 11.8 Å². The highest BCUT2D eigenvalue weighted by Gasteiger charge is 2.39. The van der Waals surface area contributed by atoms with Crippen molar-refractivity contribution in [1.29, 1.82) is 0 Å². The second-order valence-electron chi connectivity index (χ2n) is 4.90. The summed E-state index contributed by atoms with van der Waals surface area (Å²) in [4.78, 5) is 26.2. The number of carbonyl (C=O) groups excluding carboxylic acids is 2. The molecule has 1 heterocycles. The second-order valence-corrected chi connectivity index (χ2v) is 4.90. The number of piperazine rings is 1. The van der Waals surface area contributed by atoms with E-state index in [9.17, 15) is 9.59 Å². The van der Waals surface area contributed by atoms with Crippen molar-refractivity contribution < 1.29 is 19.1 Å². The highest BCUT2D eigenvalue weighted by molar-refractivity contribution is 6.09. The molecule has 1 N–H and O–H groups in total. The SMILES string of the molecule is CCC1C(=O)NC(C)C(=O)N1c1cc(OC)ccc1OC. The summed E-state index contributed by atoms with van der Waals surface area (Å²) in [6.45, 7) is 3.54. The van der Waals surface area contributed by atoms with Gasteiger partial charge in [-0.25, -0.2) is 0 Å². The fraction of sp³-hybridized carbons (Fsp3) is 0.467. The van der Waals surface area contributed by atoms with Crippen molar-refractivity contribution in [1.82, 2.24) is 5.32 Å². The van der Waals surface area contributed by atoms with E-state index in [4.69, 9.17) is 9.47 Å². The van der Waals surface area contributed by atoms with Crippen molar-refractivity contribution in [3.05, 3.63) is 18.2 Å². The smallest absolute Gasteiger partial charge is 0.250 e. The molecule has 1 fully saturated rings. The van der Waals surface area contributed by atoms with Gasteiger partial charge in [-0.1, -0.05) is 6.92 Å². The molecule has 0 saturated carbocycles. The maximum Gasteiger partial charge on any atom is 0.250 e. The third-order valence-electron chi connectivity index (χ3n) is 3.61. The van der Waals surface area contributed by atoms with E-state index in [2.05, 4.69) is 5.32 Å². The number of benzene rings is 1. The topological polar surface area (TPSA) is 67.9 Å². The van der Waals surface area contributed by atoms with Gasteiger partial charge in [-0.3, -0.25) is 14.5 Å². The Bertz CT molecular complexity index is 559. The van der Waals surface area contributed by atoms with Crippen LogP contribution in [0, 0.1) is 0 Å². The zero-order valence-electron chi connectivity index (χ0n) is 12.7. The Morgan fingerprint density at radius 1 is 1.24 bits per heavy atom. The third-order valence-corrected chi connectivity index (χ3v) is 3.61. The third kappa shape index (κ3) is 2.66. The van der Waals surface area contributed by atoms with Crippen molar-refractivity contribution in [2.24, 2.45) is 0 Å². The lowest BCUT2D eigenvalue weighted by Crippen LogP contribution is -2.62. The number of methoxy groups -OCH3 is 2. The van der Waals surface area contributed by atoms with Crippen LogP contribution in [0.5, 0.6) is 11.5 Å². The minimum Gasteiger partial charge on any atom is -0.497 e. The Balaban J connectivity index is 2.54. The molecule has 1 aliphatic heterocycles. The number of nitrogens with one attached hydrogen (secondary N) is 1. The van der Waals surface area contributed by atoms with Crippen LogP contribution in [0.3, 0.4) is 0 Å². The van der Waals surface area contributed by atoms with Crippen LogP contribution in [0.4, 0.5) is 5.69 Å². The molecule has 114 valence electrons. The first-order chi connectivity index (χ1) is 10.0. The van der Waals surface area contributed by atoms with Crippen molar-refractivity contribution in [3.8, 4) is 11.5 Å². The van der Waals surface area contributed by atoms with Crippen LogP contribution in [-0.2, 0) is 9.59 Å². The Labute approximate surface area is 124 Å². The Morgan fingerprint density at radius 2 is 1.95 bits per heavy atom. The van der Waals surface area contributed by atoms with Gasteiger partial charge in [0, 0.05) is 6.07 Å². The molecule has 2 amide bonds. The molecule has 6 nitrogen and oxygen atoms in total. The summed E-state index contributed by atoms with van der Waals surface area (Å²) in [5.74, 6) is 0.819. The number of hydrogen-bond acceptors (Lipinski definition) is 4. The van der Waals surface area contributed by atoms with Crippen molar-refractivity contribution >= 4 is 17.5 Å². The van der Waals surface area contributed by atoms with E-state index >= 15 is 0 Å². The summed E-state index contributed by atoms with van der Waals surface area (Å²) >= 11 is 0. The highest BCUT2D eigenvalue weighted by Crippen LogP contribution is 2.35. The normalized spacial score (nSPS) is 22.0. The summed E-state index contributed by atoms with van der Waals surface area (Å²) in [5.41, 5.74) is 0.551. The zero-order valence-corrected chi connectivity index (χ0v) is 12.7. The molecule has 0 aromatic heterocycles. The first-order valence-electron chi connectivity index (χ1n) is 6.89. The summed E-state index contributed by atoms with van der Waals surface area (Å²) in [7, 11) is 3.08. The van der Waals surface area contributed by atoms with Gasteiger partial charge in [-0.2, -0.15) is 0 Å². The van der Waals surface area contributed by atoms with E-state index in [0.717, 1.165) is 0 Å². The van der Waals surface area contributed by atoms with Crippen LogP contribution in [0.1, 0.15) is 20.3 Å². The van der Waals surface area contributed by atoms with Crippen LogP contribution in [0.2, 0.25) is 0 Å². The number of nitrogens with zero attached hydrogens (tertiary/aromatic N) is 1. The van der Waals surface area contributed by atoms with Crippen molar-refractivity contribution in [2.45, 2.75) is 32.4 Å². The van der Waals surface area contributed by atoms with Crippen molar-refractivity contribution in [3.63, 3.8) is 0 Å². The van der Waals surface area contributed by atoms with Crippen LogP contribution in [0.15, 0.2) is 18.2 Å². The first kappa shape index (κ1) is 15.2. The van der Waals surface area contributed by atoms with Gasteiger partial charge in [0.25, 0.3) is 0 Å². The number of rotatable bonds is 4. The Hall–Kier alpha value is -2.24. The molecule has 1 aromatic rings.